The second kappa shape index (κ2) is 7.53. The third kappa shape index (κ3) is 7.21. The van der Waals surface area contributed by atoms with Gasteiger partial charge in [0.2, 0.25) is 5.91 Å². The van der Waals surface area contributed by atoms with Crippen LogP contribution in [0.25, 0.3) is 0 Å². The zero-order chi connectivity index (χ0) is 14.5. The van der Waals surface area contributed by atoms with E-state index in [4.69, 9.17) is 0 Å². The fourth-order valence-corrected chi connectivity index (χ4v) is 2.97. The van der Waals surface area contributed by atoms with Crippen molar-refractivity contribution < 1.29 is 4.79 Å². The highest BCUT2D eigenvalue weighted by atomic mass is 32.2. The Labute approximate surface area is 122 Å². The molecule has 112 valence electrons. The zero-order valence-corrected chi connectivity index (χ0v) is 14.0. The Morgan fingerprint density at radius 2 is 2.11 bits per heavy atom. The highest BCUT2D eigenvalue weighted by molar-refractivity contribution is 8.01. The van der Waals surface area contributed by atoms with Crippen LogP contribution in [0.5, 0.6) is 0 Å². The normalized spacial score (nSPS) is 20.9. The SMILES string of the molecule is CC(C)NCC1CCCN(C(=O)CSC(C)(C)C)C1. The Hall–Kier alpha value is -0.220. The highest BCUT2D eigenvalue weighted by Gasteiger charge is 2.24. The molecule has 4 heteroatoms. The first-order valence-electron chi connectivity index (χ1n) is 7.43. The third-order valence-corrected chi connectivity index (χ3v) is 4.57. The van der Waals surface area contributed by atoms with Crippen LogP contribution in [0.3, 0.4) is 0 Å². The lowest BCUT2D eigenvalue weighted by atomic mass is 9.98. The first-order valence-corrected chi connectivity index (χ1v) is 8.41. The van der Waals surface area contributed by atoms with Gasteiger partial charge >= 0.3 is 0 Å². The van der Waals surface area contributed by atoms with Gasteiger partial charge in [-0.05, 0) is 25.3 Å². The molecule has 1 fully saturated rings. The van der Waals surface area contributed by atoms with Gasteiger partial charge < -0.3 is 10.2 Å². The van der Waals surface area contributed by atoms with Crippen LogP contribution in [0, 0.1) is 5.92 Å². The lowest BCUT2D eigenvalue weighted by Crippen LogP contribution is -2.44. The molecule has 1 N–H and O–H groups in total. The Bertz CT molecular complexity index is 286. The van der Waals surface area contributed by atoms with Crippen molar-refractivity contribution in [3.8, 4) is 0 Å². The van der Waals surface area contributed by atoms with Crippen LogP contribution in [0.15, 0.2) is 0 Å². The van der Waals surface area contributed by atoms with Gasteiger partial charge in [0.1, 0.15) is 0 Å². The van der Waals surface area contributed by atoms with Gasteiger partial charge in [0.05, 0.1) is 5.75 Å². The molecule has 0 aromatic rings. The van der Waals surface area contributed by atoms with Gasteiger partial charge in [-0.3, -0.25) is 4.79 Å². The van der Waals surface area contributed by atoms with Gasteiger partial charge in [-0.1, -0.05) is 34.6 Å². The summed E-state index contributed by atoms with van der Waals surface area (Å²) in [6, 6.07) is 0.530. The zero-order valence-electron chi connectivity index (χ0n) is 13.2. The van der Waals surface area contributed by atoms with E-state index in [2.05, 4.69) is 44.8 Å². The maximum atomic E-state index is 12.2. The van der Waals surface area contributed by atoms with Crippen molar-refractivity contribution in [2.45, 2.75) is 58.2 Å². The summed E-state index contributed by atoms with van der Waals surface area (Å²) < 4.78 is 0.171. The minimum Gasteiger partial charge on any atom is -0.342 e. The summed E-state index contributed by atoms with van der Waals surface area (Å²) >= 11 is 1.75. The molecule has 1 atom stereocenters. The van der Waals surface area contributed by atoms with E-state index >= 15 is 0 Å². The lowest BCUT2D eigenvalue weighted by Gasteiger charge is -2.34. The van der Waals surface area contributed by atoms with E-state index in [1.165, 1.54) is 6.42 Å². The van der Waals surface area contributed by atoms with Crippen molar-refractivity contribution in [3.05, 3.63) is 0 Å². The summed E-state index contributed by atoms with van der Waals surface area (Å²) in [5.41, 5.74) is 0. The topological polar surface area (TPSA) is 32.3 Å². The van der Waals surface area contributed by atoms with Crippen molar-refractivity contribution in [1.82, 2.24) is 10.2 Å². The number of hydrogen-bond acceptors (Lipinski definition) is 3. The number of rotatable bonds is 5. The monoisotopic (exact) mass is 286 g/mol. The average Bonchev–Trinajstić information content (AvgIpc) is 2.33. The van der Waals surface area contributed by atoms with Gasteiger partial charge in [-0.15, -0.1) is 11.8 Å². The molecule has 1 rings (SSSR count). The van der Waals surface area contributed by atoms with Crippen molar-refractivity contribution in [2.75, 3.05) is 25.4 Å². The molecule has 1 unspecified atom stereocenters. The second-order valence-electron chi connectivity index (χ2n) is 6.81. The van der Waals surface area contributed by atoms with Crippen molar-refractivity contribution in [2.24, 2.45) is 5.92 Å². The summed E-state index contributed by atoms with van der Waals surface area (Å²) in [4.78, 5) is 14.3. The summed E-state index contributed by atoms with van der Waals surface area (Å²) in [7, 11) is 0. The van der Waals surface area contributed by atoms with Crippen LogP contribution in [0.1, 0.15) is 47.5 Å². The first kappa shape index (κ1) is 16.8. The molecule has 1 heterocycles. The van der Waals surface area contributed by atoms with E-state index in [0.29, 0.717) is 23.6 Å². The third-order valence-electron chi connectivity index (χ3n) is 3.32. The van der Waals surface area contributed by atoms with Crippen molar-refractivity contribution in [1.29, 1.82) is 0 Å². The minimum absolute atomic E-state index is 0.171. The second-order valence-corrected chi connectivity index (χ2v) is 8.61. The molecule has 1 saturated heterocycles. The van der Waals surface area contributed by atoms with Gasteiger partial charge in [-0.2, -0.15) is 0 Å². The van der Waals surface area contributed by atoms with Crippen molar-refractivity contribution >= 4 is 17.7 Å². The first-order chi connectivity index (χ1) is 8.78. The summed E-state index contributed by atoms with van der Waals surface area (Å²) in [5.74, 6) is 1.56. The number of carbonyl (C=O) groups is 1. The van der Waals surface area contributed by atoms with E-state index in [0.717, 1.165) is 26.1 Å². The molecular weight excluding hydrogens is 256 g/mol. The maximum Gasteiger partial charge on any atom is 0.232 e. The van der Waals surface area contributed by atoms with E-state index < -0.39 is 0 Å². The smallest absolute Gasteiger partial charge is 0.232 e. The molecule has 0 radical (unpaired) electrons. The van der Waals surface area contributed by atoms with E-state index in [-0.39, 0.29) is 4.75 Å². The van der Waals surface area contributed by atoms with E-state index in [1.807, 2.05) is 0 Å². The van der Waals surface area contributed by atoms with Gasteiger partial charge in [0.25, 0.3) is 0 Å². The number of nitrogens with one attached hydrogen (secondary N) is 1. The Balaban J connectivity index is 2.35. The van der Waals surface area contributed by atoms with Crippen molar-refractivity contribution in [3.63, 3.8) is 0 Å². The van der Waals surface area contributed by atoms with Gasteiger partial charge in [0.15, 0.2) is 0 Å². The van der Waals surface area contributed by atoms with E-state index in [9.17, 15) is 4.79 Å². The summed E-state index contributed by atoms with van der Waals surface area (Å²) in [5, 5.41) is 3.49. The van der Waals surface area contributed by atoms with Crippen LogP contribution < -0.4 is 5.32 Å². The molecule has 1 aliphatic rings. The maximum absolute atomic E-state index is 12.2. The molecule has 19 heavy (non-hydrogen) atoms. The number of nitrogens with zero attached hydrogens (tertiary/aromatic N) is 1. The lowest BCUT2D eigenvalue weighted by molar-refractivity contribution is -0.130. The Morgan fingerprint density at radius 1 is 1.42 bits per heavy atom. The van der Waals surface area contributed by atoms with Gasteiger partial charge in [0, 0.05) is 23.9 Å². The van der Waals surface area contributed by atoms with E-state index in [1.54, 1.807) is 11.8 Å². The Morgan fingerprint density at radius 3 is 2.68 bits per heavy atom. The quantitative estimate of drug-likeness (QED) is 0.843. The molecule has 3 nitrogen and oxygen atoms in total. The highest BCUT2D eigenvalue weighted by Crippen LogP contribution is 2.24. The Kier molecular flexibility index (Phi) is 6.67. The molecule has 0 aromatic carbocycles. The molecule has 0 bridgehead atoms. The number of likely N-dealkylation sites (tertiary alicyclic amines) is 1. The number of amides is 1. The number of hydrogen-bond donors (Lipinski definition) is 1. The largest absolute Gasteiger partial charge is 0.342 e. The molecular formula is C15H30N2OS. The predicted molar refractivity (Wildman–Crippen MR) is 84.7 cm³/mol. The fraction of sp³-hybridized carbons (Fsp3) is 0.933. The average molecular weight is 286 g/mol. The molecule has 1 amide bonds. The number of thioether (sulfide) groups is 1. The minimum atomic E-state index is 0.171. The molecule has 0 aliphatic carbocycles. The molecule has 0 aromatic heterocycles. The molecule has 0 saturated carbocycles. The van der Waals surface area contributed by atoms with Crippen LogP contribution in [-0.2, 0) is 4.79 Å². The predicted octanol–water partition coefficient (Wildman–Crippen LogP) is 2.75. The van der Waals surface area contributed by atoms with Crippen LogP contribution >= 0.6 is 11.8 Å². The molecule has 1 aliphatic heterocycles. The standard InChI is InChI=1S/C15H30N2OS/c1-12(2)16-9-13-7-6-8-17(10-13)14(18)11-19-15(3,4)5/h12-13,16H,6-11H2,1-5H3. The number of carbonyl (C=O) groups excluding carboxylic acids is 1. The molecule has 0 spiro atoms. The number of piperidine rings is 1. The van der Waals surface area contributed by atoms with Crippen LogP contribution in [0.4, 0.5) is 0 Å². The van der Waals surface area contributed by atoms with Gasteiger partial charge in [-0.25, -0.2) is 0 Å². The fourth-order valence-electron chi connectivity index (χ4n) is 2.23. The van der Waals surface area contributed by atoms with Crippen LogP contribution in [0.2, 0.25) is 0 Å². The summed E-state index contributed by atoms with van der Waals surface area (Å²) in [6.07, 6.45) is 2.40. The van der Waals surface area contributed by atoms with Crippen LogP contribution in [-0.4, -0.2) is 47.0 Å². The summed E-state index contributed by atoms with van der Waals surface area (Å²) in [6.45, 7) is 13.7.